The maximum atomic E-state index is 14.6. The number of hydrogen-bond donors (Lipinski definition) is 0. The number of pyridine rings is 1. The van der Waals surface area contributed by atoms with E-state index in [0.717, 1.165) is 36.1 Å². The van der Waals surface area contributed by atoms with E-state index in [1.807, 2.05) is 6.07 Å². The van der Waals surface area contributed by atoms with E-state index in [4.69, 9.17) is 0 Å². The fraction of sp³-hybridized carbons (Fsp3) is 0.355. The molecule has 2 aromatic carbocycles. The summed E-state index contributed by atoms with van der Waals surface area (Å²) in [5.41, 5.74) is 1.38. The summed E-state index contributed by atoms with van der Waals surface area (Å²) in [6.07, 6.45) is 8.41. The molecule has 46 heavy (non-hydrogen) atoms. The van der Waals surface area contributed by atoms with Crippen LogP contribution in [-0.2, 0) is 28.4 Å². The molecule has 0 radical (unpaired) electrons. The molecule has 15 heteroatoms. The molecule has 1 saturated carbocycles. The van der Waals surface area contributed by atoms with Crippen LogP contribution in [0, 0.1) is 29.1 Å². The Morgan fingerprint density at radius 1 is 0.913 bits per heavy atom. The summed E-state index contributed by atoms with van der Waals surface area (Å²) >= 11 is 0. The van der Waals surface area contributed by atoms with E-state index in [0.29, 0.717) is 26.6 Å². The summed E-state index contributed by atoms with van der Waals surface area (Å²) in [7, 11) is -3.87. The average Bonchev–Trinajstić information content (AvgIpc) is 3.03. The number of carbonyl (C=O) groups is 1. The second-order valence-corrected chi connectivity index (χ2v) is 13.3. The largest absolute Gasteiger partial charge is 0.307 e. The molecule has 4 aromatic rings. The fourth-order valence-electron chi connectivity index (χ4n) is 6.05. The molecular weight excluding hydrogens is 633 g/mol. The lowest BCUT2D eigenvalue weighted by molar-refractivity contribution is -0.125. The Morgan fingerprint density at radius 2 is 1.59 bits per heavy atom. The average molecular weight is 662 g/mol. The zero-order valence-electron chi connectivity index (χ0n) is 24.5. The molecular formula is C31H28F5N5O4S. The Morgan fingerprint density at radius 3 is 2.20 bits per heavy atom. The first-order chi connectivity index (χ1) is 21.9. The highest BCUT2D eigenvalue weighted by molar-refractivity contribution is 7.89. The van der Waals surface area contributed by atoms with Crippen LogP contribution >= 0.6 is 0 Å². The second kappa shape index (κ2) is 12.2. The first-order valence-corrected chi connectivity index (χ1v) is 16.1. The lowest BCUT2D eigenvalue weighted by Gasteiger charge is -2.41. The minimum absolute atomic E-state index is 0.0848. The van der Waals surface area contributed by atoms with Gasteiger partial charge < -0.3 is 4.90 Å². The summed E-state index contributed by atoms with van der Waals surface area (Å²) in [5, 5.41) is 4.72. The number of fused-ring (bicyclic) bond motifs is 1. The van der Waals surface area contributed by atoms with Crippen molar-refractivity contribution in [2.45, 2.75) is 61.9 Å². The monoisotopic (exact) mass is 661 g/mol. The van der Waals surface area contributed by atoms with Crippen molar-refractivity contribution in [1.29, 1.82) is 0 Å². The van der Waals surface area contributed by atoms with E-state index in [2.05, 4.69) is 10.1 Å². The molecule has 0 N–H and O–H groups in total. The molecule has 3 heterocycles. The molecule has 1 aliphatic heterocycles. The number of nitrogens with zero attached hydrogens (tertiary/aromatic N) is 5. The third-order valence-electron chi connectivity index (χ3n) is 8.71. The molecule has 1 unspecified atom stereocenters. The molecule has 1 amide bonds. The zero-order chi connectivity index (χ0) is 32.9. The number of aromatic nitrogens is 3. The summed E-state index contributed by atoms with van der Waals surface area (Å²) < 4.78 is 98.8. The smallest absolute Gasteiger partial charge is 0.274 e. The van der Waals surface area contributed by atoms with Gasteiger partial charge in [0.2, 0.25) is 21.7 Å². The van der Waals surface area contributed by atoms with Crippen molar-refractivity contribution in [2.24, 2.45) is 7.05 Å². The summed E-state index contributed by atoms with van der Waals surface area (Å²) in [4.78, 5) is 30.5. The maximum Gasteiger partial charge on any atom is 0.274 e. The number of aryl methyl sites for hydroxylation is 1. The topological polar surface area (TPSA) is 105 Å². The Kier molecular flexibility index (Phi) is 8.40. The van der Waals surface area contributed by atoms with E-state index >= 15 is 0 Å². The first kappa shape index (κ1) is 31.7. The van der Waals surface area contributed by atoms with E-state index in [9.17, 15) is 40.0 Å². The standard InChI is InChI=1S/C31H28F5N5O4S/c1-39-30(42)21-9-8-20(13-19(21)15-38-39)40(16-17-7-10-22(37-14-17)18-5-3-2-4-6-18)31(43)23-11-12-41(23)46(44,45)29-27(35)25(33)24(32)26(34)28(29)36/h7-10,13-15,18,23H,2-6,11-12,16H2,1H3. The zero-order valence-corrected chi connectivity index (χ0v) is 25.3. The van der Waals surface area contributed by atoms with Gasteiger partial charge in [0.1, 0.15) is 6.04 Å². The molecule has 242 valence electrons. The van der Waals surface area contributed by atoms with Gasteiger partial charge in [0.15, 0.2) is 28.2 Å². The van der Waals surface area contributed by atoms with Crippen molar-refractivity contribution in [1.82, 2.24) is 19.1 Å². The van der Waals surface area contributed by atoms with Crippen molar-refractivity contribution in [3.05, 3.63) is 93.4 Å². The van der Waals surface area contributed by atoms with Gasteiger partial charge in [0.05, 0.1) is 18.1 Å². The molecule has 6 rings (SSSR count). The number of anilines is 1. The number of halogens is 5. The van der Waals surface area contributed by atoms with Crippen LogP contribution in [0.2, 0.25) is 0 Å². The van der Waals surface area contributed by atoms with Crippen LogP contribution in [0.1, 0.15) is 55.7 Å². The molecule has 0 spiro atoms. The quantitative estimate of drug-likeness (QED) is 0.156. The normalized spacial score (nSPS) is 17.7. The highest BCUT2D eigenvalue weighted by Crippen LogP contribution is 2.36. The molecule has 1 atom stereocenters. The van der Waals surface area contributed by atoms with Crippen LogP contribution in [0.4, 0.5) is 27.6 Å². The number of amides is 1. The van der Waals surface area contributed by atoms with Crippen LogP contribution < -0.4 is 10.5 Å². The van der Waals surface area contributed by atoms with Gasteiger partial charge in [0, 0.05) is 42.5 Å². The Hall–Kier alpha value is -4.24. The summed E-state index contributed by atoms with van der Waals surface area (Å²) in [6, 6.07) is 6.67. The van der Waals surface area contributed by atoms with Crippen LogP contribution in [0.3, 0.4) is 0 Å². The molecule has 1 saturated heterocycles. The molecule has 0 bridgehead atoms. The van der Waals surface area contributed by atoms with Gasteiger partial charge in [-0.25, -0.2) is 35.1 Å². The van der Waals surface area contributed by atoms with E-state index < -0.39 is 62.5 Å². The molecule has 2 fully saturated rings. The van der Waals surface area contributed by atoms with Gasteiger partial charge in [-0.15, -0.1) is 0 Å². The predicted molar refractivity (Wildman–Crippen MR) is 157 cm³/mol. The highest BCUT2D eigenvalue weighted by atomic mass is 32.2. The molecule has 9 nitrogen and oxygen atoms in total. The van der Waals surface area contributed by atoms with Crippen molar-refractivity contribution in [2.75, 3.05) is 11.4 Å². The van der Waals surface area contributed by atoms with Gasteiger partial charge in [-0.2, -0.15) is 9.40 Å². The molecule has 2 aliphatic rings. The van der Waals surface area contributed by atoms with Gasteiger partial charge in [-0.05, 0) is 49.1 Å². The van der Waals surface area contributed by atoms with Gasteiger partial charge in [-0.3, -0.25) is 14.6 Å². The number of carbonyl (C=O) groups excluding carboxylic acids is 1. The van der Waals surface area contributed by atoms with E-state index in [1.54, 1.807) is 12.3 Å². The van der Waals surface area contributed by atoms with Gasteiger partial charge >= 0.3 is 0 Å². The van der Waals surface area contributed by atoms with Crippen LogP contribution in [0.25, 0.3) is 10.8 Å². The second-order valence-electron chi connectivity index (χ2n) is 11.5. The van der Waals surface area contributed by atoms with E-state index in [-0.39, 0.29) is 24.2 Å². The Labute approximate surface area is 260 Å². The summed E-state index contributed by atoms with van der Waals surface area (Å²) in [5.74, 6) is -12.8. The van der Waals surface area contributed by atoms with Crippen LogP contribution in [0.5, 0.6) is 0 Å². The molecule has 2 aromatic heterocycles. The van der Waals surface area contributed by atoms with Gasteiger partial charge in [0.25, 0.3) is 5.56 Å². The lowest BCUT2D eigenvalue weighted by atomic mass is 9.86. The van der Waals surface area contributed by atoms with Crippen LogP contribution in [-0.4, -0.2) is 46.0 Å². The molecule has 1 aliphatic carbocycles. The minimum Gasteiger partial charge on any atom is -0.307 e. The minimum atomic E-state index is -5.35. The van der Waals surface area contributed by atoms with E-state index in [1.165, 1.54) is 42.8 Å². The summed E-state index contributed by atoms with van der Waals surface area (Å²) in [6.45, 7) is -0.505. The number of hydrogen-bond acceptors (Lipinski definition) is 6. The Balaban J connectivity index is 1.36. The van der Waals surface area contributed by atoms with Crippen molar-refractivity contribution in [3.63, 3.8) is 0 Å². The van der Waals surface area contributed by atoms with Crippen molar-refractivity contribution < 1.29 is 35.2 Å². The first-order valence-electron chi connectivity index (χ1n) is 14.7. The number of rotatable bonds is 7. The third-order valence-corrected chi connectivity index (χ3v) is 10.6. The van der Waals surface area contributed by atoms with Gasteiger partial charge in [-0.1, -0.05) is 25.3 Å². The third kappa shape index (κ3) is 5.44. The number of benzene rings is 2. The van der Waals surface area contributed by atoms with Crippen LogP contribution in [0.15, 0.2) is 52.4 Å². The maximum absolute atomic E-state index is 14.6. The lowest BCUT2D eigenvalue weighted by Crippen LogP contribution is -2.59. The Bertz CT molecular complexity index is 1990. The predicted octanol–water partition coefficient (Wildman–Crippen LogP) is 5.07. The SMILES string of the molecule is Cn1ncc2cc(N(Cc3ccc(C4CCCCC4)nc3)C(=O)C3CCN3S(=O)(=O)c3c(F)c(F)c(F)c(F)c3F)ccc2c1=O. The highest BCUT2D eigenvalue weighted by Gasteiger charge is 2.48. The van der Waals surface area contributed by atoms with Crippen molar-refractivity contribution in [3.8, 4) is 0 Å². The van der Waals surface area contributed by atoms with Crippen molar-refractivity contribution >= 4 is 32.4 Å². The number of sulfonamides is 1. The fourth-order valence-corrected chi connectivity index (χ4v) is 7.79.